The number of hydrogen-bond acceptors (Lipinski definition) is 4. The molecule has 0 saturated carbocycles. The van der Waals surface area contributed by atoms with E-state index in [0.717, 1.165) is 18.2 Å². The zero-order chi connectivity index (χ0) is 19.2. The van der Waals surface area contributed by atoms with Crippen molar-refractivity contribution in [2.24, 2.45) is 0 Å². The average Bonchev–Trinajstić information content (AvgIpc) is 2.71. The Labute approximate surface area is 158 Å². The first-order valence-corrected chi connectivity index (χ1v) is 8.95. The smallest absolute Gasteiger partial charge is 0.257 e. The molecule has 0 saturated heterocycles. The summed E-state index contributed by atoms with van der Waals surface area (Å²) in [5, 5.41) is 3.80. The Balaban J connectivity index is 1.80. The molecule has 27 heavy (non-hydrogen) atoms. The Bertz CT molecular complexity index is 966. The quantitative estimate of drug-likeness (QED) is 0.724. The van der Waals surface area contributed by atoms with Crippen LogP contribution in [0.4, 0.5) is 5.69 Å². The normalized spacial score (nSPS) is 10.6. The maximum absolute atomic E-state index is 12.7. The predicted octanol–water partition coefficient (Wildman–Crippen LogP) is 3.75. The lowest BCUT2D eigenvalue weighted by atomic mass is 10.1. The highest BCUT2D eigenvalue weighted by Crippen LogP contribution is 2.21. The van der Waals surface area contributed by atoms with Crippen molar-refractivity contribution in [3.05, 3.63) is 66.1 Å². The Morgan fingerprint density at radius 2 is 1.89 bits per heavy atom. The number of pyridine rings is 2. The van der Waals surface area contributed by atoms with Crippen LogP contribution in [0.2, 0.25) is 0 Å². The summed E-state index contributed by atoms with van der Waals surface area (Å²) in [5.74, 6) is -0.469. The number of nitrogens with one attached hydrogen (secondary N) is 1. The van der Waals surface area contributed by atoms with Crippen LogP contribution in [-0.4, -0.2) is 40.3 Å². The van der Waals surface area contributed by atoms with Crippen molar-refractivity contribution in [2.75, 3.05) is 18.9 Å². The van der Waals surface area contributed by atoms with Gasteiger partial charge in [0.1, 0.15) is 0 Å². The number of rotatable bonds is 6. The average molecular weight is 362 g/mol. The zero-order valence-electron chi connectivity index (χ0n) is 15.5. The molecule has 3 rings (SSSR count). The van der Waals surface area contributed by atoms with Gasteiger partial charge in [0, 0.05) is 37.6 Å². The number of carbonyl (C=O) groups excluding carboxylic acids is 2. The Kier molecular flexibility index (Phi) is 5.76. The first kappa shape index (κ1) is 18.5. The molecule has 3 aromatic rings. The molecular weight excluding hydrogens is 340 g/mol. The summed E-state index contributed by atoms with van der Waals surface area (Å²) in [6, 6.07) is 11.0. The highest BCUT2D eigenvalue weighted by Gasteiger charge is 2.15. The van der Waals surface area contributed by atoms with E-state index in [2.05, 4.69) is 22.2 Å². The molecule has 6 heteroatoms. The van der Waals surface area contributed by atoms with Crippen LogP contribution < -0.4 is 5.32 Å². The number of fused-ring (bicyclic) bond motifs is 1. The van der Waals surface area contributed by atoms with Crippen molar-refractivity contribution in [3.8, 4) is 0 Å². The fourth-order valence-electron chi connectivity index (χ4n) is 2.80. The minimum atomic E-state index is -0.327. The molecule has 2 aromatic heterocycles. The van der Waals surface area contributed by atoms with Gasteiger partial charge in [-0.15, -0.1) is 0 Å². The Morgan fingerprint density at radius 3 is 2.70 bits per heavy atom. The van der Waals surface area contributed by atoms with Crippen molar-refractivity contribution in [2.45, 2.75) is 19.8 Å². The van der Waals surface area contributed by atoms with Gasteiger partial charge in [-0.3, -0.25) is 19.6 Å². The molecule has 2 heterocycles. The molecule has 1 aromatic carbocycles. The first-order valence-electron chi connectivity index (χ1n) is 8.95. The summed E-state index contributed by atoms with van der Waals surface area (Å²) >= 11 is 0. The number of hydrogen-bond donors (Lipinski definition) is 1. The molecule has 0 bridgehead atoms. The van der Waals surface area contributed by atoms with Crippen LogP contribution in [0.25, 0.3) is 10.9 Å². The minimum Gasteiger partial charge on any atom is -0.342 e. The SMILES string of the molecule is CCCCN(C)C(=O)c1cncc(C(=O)Nc2cccc3cccnc23)c1. The molecule has 0 radical (unpaired) electrons. The van der Waals surface area contributed by atoms with E-state index in [-0.39, 0.29) is 11.8 Å². The van der Waals surface area contributed by atoms with Crippen molar-refractivity contribution in [3.63, 3.8) is 0 Å². The van der Waals surface area contributed by atoms with Crippen LogP contribution >= 0.6 is 0 Å². The highest BCUT2D eigenvalue weighted by molar-refractivity contribution is 6.09. The molecule has 0 unspecified atom stereocenters. The largest absolute Gasteiger partial charge is 0.342 e. The highest BCUT2D eigenvalue weighted by atomic mass is 16.2. The summed E-state index contributed by atoms with van der Waals surface area (Å²) in [6.45, 7) is 2.75. The van der Waals surface area contributed by atoms with Crippen LogP contribution in [0.1, 0.15) is 40.5 Å². The number of benzene rings is 1. The summed E-state index contributed by atoms with van der Waals surface area (Å²) in [5.41, 5.74) is 2.07. The summed E-state index contributed by atoms with van der Waals surface area (Å²) in [6.07, 6.45) is 6.57. The van der Waals surface area contributed by atoms with Crippen LogP contribution in [0.3, 0.4) is 0 Å². The van der Waals surface area contributed by atoms with Gasteiger partial charge >= 0.3 is 0 Å². The van der Waals surface area contributed by atoms with Crippen LogP contribution in [-0.2, 0) is 0 Å². The summed E-state index contributed by atoms with van der Waals surface area (Å²) in [7, 11) is 1.76. The molecule has 0 aliphatic carbocycles. The third kappa shape index (κ3) is 4.28. The monoisotopic (exact) mass is 362 g/mol. The van der Waals surface area contributed by atoms with E-state index < -0.39 is 0 Å². The fraction of sp³-hybridized carbons (Fsp3) is 0.238. The van der Waals surface area contributed by atoms with Gasteiger partial charge in [-0.25, -0.2) is 0 Å². The van der Waals surface area contributed by atoms with Gasteiger partial charge in [-0.05, 0) is 24.6 Å². The van der Waals surface area contributed by atoms with E-state index in [9.17, 15) is 9.59 Å². The van der Waals surface area contributed by atoms with Gasteiger partial charge in [0.05, 0.1) is 22.3 Å². The van der Waals surface area contributed by atoms with Gasteiger partial charge in [-0.2, -0.15) is 0 Å². The third-order valence-corrected chi connectivity index (χ3v) is 4.32. The van der Waals surface area contributed by atoms with Crippen LogP contribution in [0, 0.1) is 0 Å². The van der Waals surface area contributed by atoms with E-state index in [1.165, 1.54) is 12.4 Å². The Morgan fingerprint density at radius 1 is 1.11 bits per heavy atom. The number of carbonyl (C=O) groups is 2. The van der Waals surface area contributed by atoms with E-state index in [4.69, 9.17) is 0 Å². The Hall–Kier alpha value is -3.28. The number of amides is 2. The second-order valence-electron chi connectivity index (χ2n) is 6.38. The second kappa shape index (κ2) is 8.40. The minimum absolute atomic E-state index is 0.141. The van der Waals surface area contributed by atoms with Crippen molar-refractivity contribution < 1.29 is 9.59 Å². The topological polar surface area (TPSA) is 75.2 Å². The van der Waals surface area contributed by atoms with Gasteiger partial charge in [-0.1, -0.05) is 31.5 Å². The molecule has 0 atom stereocenters. The number of unbranched alkanes of at least 4 members (excludes halogenated alkanes) is 1. The third-order valence-electron chi connectivity index (χ3n) is 4.32. The number of aromatic nitrogens is 2. The molecule has 1 N–H and O–H groups in total. The van der Waals surface area contributed by atoms with E-state index in [1.54, 1.807) is 30.3 Å². The summed E-state index contributed by atoms with van der Waals surface area (Å²) < 4.78 is 0. The van der Waals surface area contributed by atoms with E-state index in [0.29, 0.717) is 28.9 Å². The molecule has 0 aliphatic heterocycles. The lowest BCUT2D eigenvalue weighted by molar-refractivity contribution is 0.0793. The van der Waals surface area contributed by atoms with E-state index >= 15 is 0 Å². The molecule has 0 fully saturated rings. The summed E-state index contributed by atoms with van der Waals surface area (Å²) in [4.78, 5) is 35.2. The standard InChI is InChI=1S/C21H22N4O2/c1-3-4-11-25(2)21(27)17-12-16(13-22-14-17)20(26)24-18-9-5-7-15-8-6-10-23-19(15)18/h5-10,12-14H,3-4,11H2,1-2H3,(H,24,26). The van der Waals surface area contributed by atoms with Crippen molar-refractivity contribution in [1.29, 1.82) is 0 Å². The molecular formula is C21H22N4O2. The van der Waals surface area contributed by atoms with Gasteiger partial charge in [0.25, 0.3) is 11.8 Å². The second-order valence-corrected chi connectivity index (χ2v) is 6.38. The van der Waals surface area contributed by atoms with E-state index in [1.807, 2.05) is 24.3 Å². The van der Waals surface area contributed by atoms with Gasteiger partial charge in [0.15, 0.2) is 0 Å². The van der Waals surface area contributed by atoms with Crippen molar-refractivity contribution >= 4 is 28.4 Å². The van der Waals surface area contributed by atoms with Crippen LogP contribution in [0.5, 0.6) is 0 Å². The fourth-order valence-corrected chi connectivity index (χ4v) is 2.80. The maximum Gasteiger partial charge on any atom is 0.257 e. The number of nitrogens with zero attached hydrogens (tertiary/aromatic N) is 3. The van der Waals surface area contributed by atoms with Crippen LogP contribution in [0.15, 0.2) is 55.0 Å². The maximum atomic E-state index is 12.7. The number of para-hydroxylation sites is 1. The molecule has 0 spiro atoms. The van der Waals surface area contributed by atoms with Crippen molar-refractivity contribution in [1.82, 2.24) is 14.9 Å². The predicted molar refractivity (Wildman–Crippen MR) is 106 cm³/mol. The lowest BCUT2D eigenvalue weighted by Crippen LogP contribution is -2.28. The lowest BCUT2D eigenvalue weighted by Gasteiger charge is -2.16. The molecule has 2 amide bonds. The molecule has 138 valence electrons. The number of anilines is 1. The van der Waals surface area contributed by atoms with Gasteiger partial charge < -0.3 is 10.2 Å². The first-order chi connectivity index (χ1) is 13.1. The molecule has 6 nitrogen and oxygen atoms in total. The molecule has 0 aliphatic rings. The van der Waals surface area contributed by atoms with Gasteiger partial charge in [0.2, 0.25) is 0 Å². The zero-order valence-corrected chi connectivity index (χ0v) is 15.5.